The van der Waals surface area contributed by atoms with Gasteiger partial charge in [-0.25, -0.2) is 14.8 Å². The molecule has 11 heteroatoms. The first-order valence-corrected chi connectivity index (χ1v) is 9.65. The minimum Gasteiger partial charge on any atom is -0.363 e. The molecule has 162 valence electrons. The third-order valence-corrected chi connectivity index (χ3v) is 5.00. The van der Waals surface area contributed by atoms with Crippen LogP contribution in [0.2, 0.25) is 5.02 Å². The highest BCUT2D eigenvalue weighted by Crippen LogP contribution is 2.33. The fourth-order valence-corrected chi connectivity index (χ4v) is 3.30. The molecule has 1 aliphatic heterocycles. The van der Waals surface area contributed by atoms with Crippen molar-refractivity contribution < 1.29 is 18.0 Å². The number of rotatable bonds is 4. The van der Waals surface area contributed by atoms with Gasteiger partial charge in [0.05, 0.1) is 10.6 Å². The lowest BCUT2D eigenvalue weighted by Crippen LogP contribution is -2.52. The molecular weight excluding hydrogens is 421 g/mol. The van der Waals surface area contributed by atoms with E-state index in [1.165, 1.54) is 0 Å². The van der Waals surface area contributed by atoms with Crippen LogP contribution in [0.15, 0.2) is 30.6 Å². The molecule has 0 saturated carbocycles. The number of nitrogens with one attached hydrogen (secondary N) is 1. The van der Waals surface area contributed by atoms with Gasteiger partial charge in [0, 0.05) is 59.2 Å². The third-order valence-electron chi connectivity index (χ3n) is 4.73. The number of nitrogens with zero attached hydrogens (tertiary/aromatic N) is 5. The molecule has 3 rings (SSSR count). The van der Waals surface area contributed by atoms with E-state index >= 15 is 0 Å². The van der Waals surface area contributed by atoms with Crippen molar-refractivity contribution in [1.29, 1.82) is 0 Å². The molecule has 7 nitrogen and oxygen atoms in total. The Morgan fingerprint density at radius 2 is 1.87 bits per heavy atom. The summed E-state index contributed by atoms with van der Waals surface area (Å²) in [5.74, 6) is 1.12. The van der Waals surface area contributed by atoms with E-state index in [9.17, 15) is 18.0 Å². The summed E-state index contributed by atoms with van der Waals surface area (Å²) >= 11 is 6.01. The highest BCUT2D eigenvalue weighted by atomic mass is 35.5. The second-order valence-electron chi connectivity index (χ2n) is 7.08. The highest BCUT2D eigenvalue weighted by molar-refractivity contribution is 6.33. The topological polar surface area (TPSA) is 64.6 Å². The highest BCUT2D eigenvalue weighted by Gasteiger charge is 2.32. The van der Waals surface area contributed by atoms with Gasteiger partial charge in [-0.15, -0.1) is 0 Å². The van der Waals surface area contributed by atoms with Gasteiger partial charge in [-0.2, -0.15) is 13.2 Å². The summed E-state index contributed by atoms with van der Waals surface area (Å²) in [6.45, 7) is 2.01. The first-order valence-electron chi connectivity index (χ1n) is 9.28. The summed E-state index contributed by atoms with van der Waals surface area (Å²) in [6.07, 6.45) is -2.00. The van der Waals surface area contributed by atoms with Crippen molar-refractivity contribution >= 4 is 29.3 Å². The normalized spacial score (nSPS) is 14.6. The van der Waals surface area contributed by atoms with Gasteiger partial charge in [0.2, 0.25) is 0 Å². The molecule has 1 fully saturated rings. The quantitative estimate of drug-likeness (QED) is 0.787. The Kier molecular flexibility index (Phi) is 6.55. The molecular formula is C19H22ClF3N6O. The van der Waals surface area contributed by atoms with Gasteiger partial charge in [0.25, 0.3) is 0 Å². The third kappa shape index (κ3) is 5.24. The van der Waals surface area contributed by atoms with Gasteiger partial charge in [-0.3, -0.25) is 0 Å². The van der Waals surface area contributed by atoms with E-state index in [1.807, 2.05) is 31.1 Å². The lowest BCUT2D eigenvalue weighted by atomic mass is 10.2. The van der Waals surface area contributed by atoms with E-state index in [0.717, 1.165) is 23.6 Å². The molecule has 2 aromatic rings. The molecule has 0 spiro atoms. The smallest absolute Gasteiger partial charge is 0.363 e. The summed E-state index contributed by atoms with van der Waals surface area (Å²) in [7, 11) is 3.80. The van der Waals surface area contributed by atoms with E-state index < -0.39 is 11.7 Å². The molecule has 30 heavy (non-hydrogen) atoms. The van der Waals surface area contributed by atoms with Crippen molar-refractivity contribution in [3.05, 3.63) is 46.7 Å². The second kappa shape index (κ2) is 8.95. The van der Waals surface area contributed by atoms with Crippen LogP contribution in [0.5, 0.6) is 0 Å². The first-order chi connectivity index (χ1) is 14.1. The molecule has 0 aliphatic carbocycles. The number of aromatic nitrogens is 2. The van der Waals surface area contributed by atoms with Crippen LogP contribution in [0.3, 0.4) is 0 Å². The summed E-state index contributed by atoms with van der Waals surface area (Å²) in [5, 5.41) is 2.80. The van der Waals surface area contributed by atoms with E-state index in [0.29, 0.717) is 32.7 Å². The Morgan fingerprint density at radius 1 is 1.17 bits per heavy atom. The summed E-state index contributed by atoms with van der Waals surface area (Å²) in [4.78, 5) is 25.9. The molecule has 0 radical (unpaired) electrons. The molecule has 0 unspecified atom stereocenters. The molecule has 2 amide bonds. The summed E-state index contributed by atoms with van der Waals surface area (Å²) in [5.41, 5.74) is -0.00399. The predicted octanol–water partition coefficient (Wildman–Crippen LogP) is 3.25. The van der Waals surface area contributed by atoms with Crippen molar-refractivity contribution in [3.63, 3.8) is 0 Å². The maximum atomic E-state index is 12.8. The fourth-order valence-electron chi connectivity index (χ4n) is 3.02. The van der Waals surface area contributed by atoms with Crippen molar-refractivity contribution in [2.75, 3.05) is 50.1 Å². The van der Waals surface area contributed by atoms with Crippen LogP contribution >= 0.6 is 11.6 Å². The number of halogens is 4. The molecule has 3 heterocycles. The minimum atomic E-state index is -4.49. The molecule has 1 saturated heterocycles. The van der Waals surface area contributed by atoms with E-state index in [4.69, 9.17) is 11.6 Å². The Hall–Kier alpha value is -2.75. The van der Waals surface area contributed by atoms with E-state index in [2.05, 4.69) is 15.3 Å². The average Bonchev–Trinajstić information content (AvgIpc) is 2.71. The van der Waals surface area contributed by atoms with Crippen LogP contribution in [0.1, 0.15) is 11.1 Å². The van der Waals surface area contributed by atoms with Gasteiger partial charge in [0.1, 0.15) is 11.6 Å². The Labute approximate surface area is 177 Å². The monoisotopic (exact) mass is 442 g/mol. The maximum absolute atomic E-state index is 12.8. The second-order valence-corrected chi connectivity index (χ2v) is 7.49. The molecule has 1 N–H and O–H groups in total. The molecule has 0 aromatic carbocycles. The van der Waals surface area contributed by atoms with Crippen molar-refractivity contribution in [2.24, 2.45) is 0 Å². The molecule has 0 atom stereocenters. The summed E-state index contributed by atoms with van der Waals surface area (Å²) < 4.78 is 38.3. The van der Waals surface area contributed by atoms with Crippen LogP contribution in [0, 0.1) is 0 Å². The lowest BCUT2D eigenvalue weighted by Gasteiger charge is -2.35. The number of carbonyl (C=O) groups excluding carboxylic acids is 1. The van der Waals surface area contributed by atoms with E-state index in [1.54, 1.807) is 16.0 Å². The number of urea groups is 1. The molecule has 2 aromatic heterocycles. The zero-order valence-electron chi connectivity index (χ0n) is 16.6. The van der Waals surface area contributed by atoms with E-state index in [-0.39, 0.29) is 16.9 Å². The summed E-state index contributed by atoms with van der Waals surface area (Å²) in [6, 6.07) is 4.44. The van der Waals surface area contributed by atoms with Crippen molar-refractivity contribution in [1.82, 2.24) is 20.2 Å². The number of alkyl halides is 3. The number of carbonyl (C=O) groups is 1. The largest absolute Gasteiger partial charge is 0.417 e. The number of hydrogen-bond acceptors (Lipinski definition) is 5. The number of anilines is 2. The zero-order chi connectivity index (χ0) is 21.9. The number of pyridine rings is 2. The van der Waals surface area contributed by atoms with Crippen molar-refractivity contribution in [2.45, 2.75) is 12.7 Å². The molecule has 0 bridgehead atoms. The standard InChI is InChI=1S/C19H22ClF3N6O/c1-27(2)16-4-3-13(10-24-16)11-26-18(30)29-7-5-28(6-8-29)17-15(20)9-14(12-25-17)19(21,22)23/h3-4,9-10,12H,5-8,11H2,1-2H3,(H,26,30). The van der Waals surface area contributed by atoms with Gasteiger partial charge in [0.15, 0.2) is 0 Å². The van der Waals surface area contributed by atoms with Crippen LogP contribution < -0.4 is 15.1 Å². The minimum absolute atomic E-state index is 0.0589. The van der Waals surface area contributed by atoms with Gasteiger partial charge in [-0.1, -0.05) is 17.7 Å². The van der Waals surface area contributed by atoms with Crippen LogP contribution in [-0.4, -0.2) is 61.2 Å². The SMILES string of the molecule is CN(C)c1ccc(CNC(=O)N2CCN(c3ncc(C(F)(F)F)cc3Cl)CC2)cn1. The van der Waals surface area contributed by atoms with Crippen LogP contribution in [0.4, 0.5) is 29.6 Å². The number of amides is 2. The van der Waals surface area contributed by atoms with Crippen molar-refractivity contribution in [3.8, 4) is 0 Å². The Balaban J connectivity index is 1.52. The first kappa shape index (κ1) is 21.9. The number of piperazine rings is 1. The maximum Gasteiger partial charge on any atom is 0.417 e. The zero-order valence-corrected chi connectivity index (χ0v) is 17.3. The molecule has 1 aliphatic rings. The van der Waals surface area contributed by atoms with Gasteiger partial charge >= 0.3 is 12.2 Å². The Morgan fingerprint density at radius 3 is 2.40 bits per heavy atom. The van der Waals surface area contributed by atoms with Crippen LogP contribution in [-0.2, 0) is 12.7 Å². The lowest BCUT2D eigenvalue weighted by molar-refractivity contribution is -0.137. The number of hydrogen-bond donors (Lipinski definition) is 1. The van der Waals surface area contributed by atoms with Gasteiger partial charge in [-0.05, 0) is 17.7 Å². The predicted molar refractivity (Wildman–Crippen MR) is 109 cm³/mol. The average molecular weight is 443 g/mol. The van der Waals surface area contributed by atoms with Gasteiger partial charge < -0.3 is 20.0 Å². The van der Waals surface area contributed by atoms with Crippen LogP contribution in [0.25, 0.3) is 0 Å². The fraction of sp³-hybridized carbons (Fsp3) is 0.421. The Bertz CT molecular complexity index is 883.